The fraction of sp³-hybridized carbons (Fsp3) is 0.750. The first-order valence-corrected chi connectivity index (χ1v) is 1.84. The van der Waals surface area contributed by atoms with Gasteiger partial charge in [-0.2, -0.15) is 5.26 Å². The largest absolute Gasteiger partial charge is 1.00 e. The van der Waals surface area contributed by atoms with Gasteiger partial charge in [0.1, 0.15) is 0 Å². The number of rotatable bonds is 0. The van der Waals surface area contributed by atoms with E-state index in [0.29, 0.717) is 0 Å². The van der Waals surface area contributed by atoms with E-state index in [-0.39, 0.29) is 37.6 Å². The smallest absolute Gasteiger partial charge is 1.00 e. The Morgan fingerprint density at radius 1 is 1.75 bits per heavy atom. The van der Waals surface area contributed by atoms with Gasteiger partial charge in [0.25, 0.3) is 0 Å². The molecule has 0 saturated carbocycles. The molecule has 8 heavy (non-hydrogen) atoms. The Labute approximate surface area is 75.2 Å². The Morgan fingerprint density at radius 2 is 1.75 bits per heavy atom. The van der Waals surface area contributed by atoms with Gasteiger partial charge in [0.2, 0.25) is 0 Å². The monoisotopic (exact) mass is 124 g/mol. The summed E-state index contributed by atoms with van der Waals surface area (Å²) in [6.45, 7) is 4.08. The van der Waals surface area contributed by atoms with Gasteiger partial charge in [-0.3, -0.25) is 0 Å². The Morgan fingerprint density at radius 3 is 1.75 bits per heavy atom. The molecule has 0 amide bonds. The molecule has 0 aromatic heterocycles. The molecule has 0 aromatic rings. The van der Waals surface area contributed by atoms with E-state index in [1.807, 2.05) is 6.92 Å². The van der Waals surface area contributed by atoms with E-state index in [2.05, 4.69) is 0 Å². The standard InChI is InChI=1S/C2H7N.C2H3N.Al.Li.4H/c2*1-2-3;;;;;;/h2-3H2,1H3;1H3;;;;;;/q;;;+1;;;;-1. The van der Waals surface area contributed by atoms with Gasteiger partial charge in [-0.15, -0.1) is 0 Å². The summed E-state index contributed by atoms with van der Waals surface area (Å²) in [6.07, 6.45) is 0. The maximum atomic E-state index is 7.32. The predicted octanol–water partition coefficient (Wildman–Crippen LogP) is -3.57. The SMILES string of the molecule is CC#N.CCN.[AlH3].[H-].[Li+]. The molecule has 0 atom stereocenters. The molecule has 4 heteroatoms. The van der Waals surface area contributed by atoms with Gasteiger partial charge in [0.05, 0.1) is 6.07 Å². The third-order valence-electron chi connectivity index (χ3n) is 0. The van der Waals surface area contributed by atoms with Gasteiger partial charge < -0.3 is 7.16 Å². The molecule has 0 fully saturated rings. The van der Waals surface area contributed by atoms with Gasteiger partial charge in [-0.05, 0) is 6.54 Å². The predicted molar refractivity (Wildman–Crippen MR) is 37.1 cm³/mol. The Bertz CT molecular complexity index is 48.3. The molecular formula is C4H14AlLiN2. The maximum Gasteiger partial charge on any atom is 1.00 e. The molecule has 0 radical (unpaired) electrons. The fourth-order valence-corrected chi connectivity index (χ4v) is 0. The molecule has 0 aliphatic rings. The van der Waals surface area contributed by atoms with Crippen molar-refractivity contribution in [3.8, 4) is 6.07 Å². The average molecular weight is 124 g/mol. The number of nitrogens with two attached hydrogens (primary N) is 1. The summed E-state index contributed by atoms with van der Waals surface area (Å²) < 4.78 is 0. The summed E-state index contributed by atoms with van der Waals surface area (Å²) in [6, 6.07) is 1.75. The molecule has 0 rings (SSSR count). The van der Waals surface area contributed by atoms with Crippen molar-refractivity contribution in [3.05, 3.63) is 0 Å². The van der Waals surface area contributed by atoms with Gasteiger partial charge in [-0.1, -0.05) is 6.92 Å². The molecule has 0 spiro atoms. The molecule has 0 aliphatic heterocycles. The van der Waals surface area contributed by atoms with Crippen molar-refractivity contribution in [1.82, 2.24) is 0 Å². The van der Waals surface area contributed by atoms with Crippen LogP contribution in [0.25, 0.3) is 0 Å². The normalized spacial score (nSPS) is 3.25. The van der Waals surface area contributed by atoms with E-state index in [4.69, 9.17) is 11.0 Å². The van der Waals surface area contributed by atoms with Crippen molar-refractivity contribution < 1.29 is 20.3 Å². The Hall–Kier alpha value is 0.580. The zero-order valence-electron chi connectivity index (χ0n) is 6.23. The van der Waals surface area contributed by atoms with Crippen LogP contribution in [-0.4, -0.2) is 23.9 Å². The quantitative estimate of drug-likeness (QED) is 0.339. The zero-order valence-corrected chi connectivity index (χ0v) is 5.23. The Kier molecular flexibility index (Phi) is 145. The van der Waals surface area contributed by atoms with Gasteiger partial charge in [-0.25, -0.2) is 0 Å². The summed E-state index contributed by atoms with van der Waals surface area (Å²) >= 11 is 0. The van der Waals surface area contributed by atoms with Crippen LogP contribution in [0, 0.1) is 11.3 Å². The van der Waals surface area contributed by atoms with Crippen molar-refractivity contribution in [3.63, 3.8) is 0 Å². The van der Waals surface area contributed by atoms with Gasteiger partial charge >= 0.3 is 18.9 Å². The average Bonchev–Trinajstić information content (AvgIpc) is 1.39. The van der Waals surface area contributed by atoms with Crippen LogP contribution in [-0.2, 0) is 0 Å². The van der Waals surface area contributed by atoms with Crippen LogP contribution in [0.15, 0.2) is 0 Å². The second-order valence-electron chi connectivity index (χ2n) is 0.632. The third kappa shape index (κ3) is 609. The minimum absolute atomic E-state index is 0. The summed E-state index contributed by atoms with van der Waals surface area (Å²) in [5, 5.41) is 7.32. The summed E-state index contributed by atoms with van der Waals surface area (Å²) in [5.41, 5.74) is 4.85. The minimum Gasteiger partial charge on any atom is -1.00 e. The van der Waals surface area contributed by atoms with E-state index >= 15 is 0 Å². The third-order valence-corrected chi connectivity index (χ3v) is 0. The van der Waals surface area contributed by atoms with Crippen LogP contribution in [0.5, 0.6) is 0 Å². The molecule has 0 heterocycles. The maximum absolute atomic E-state index is 7.32. The van der Waals surface area contributed by atoms with E-state index in [1.54, 1.807) is 6.07 Å². The number of nitrogens with zero attached hydrogens (tertiary/aromatic N) is 1. The van der Waals surface area contributed by atoms with Crippen molar-refractivity contribution in [1.29, 1.82) is 5.26 Å². The summed E-state index contributed by atoms with van der Waals surface area (Å²) in [4.78, 5) is 0. The van der Waals surface area contributed by atoms with Crippen molar-refractivity contribution in [2.75, 3.05) is 6.54 Å². The summed E-state index contributed by atoms with van der Waals surface area (Å²) in [5.74, 6) is 0. The first-order chi connectivity index (χ1) is 2.83. The molecule has 0 aliphatic carbocycles. The van der Waals surface area contributed by atoms with E-state index in [1.165, 1.54) is 6.92 Å². The molecular weight excluding hydrogens is 110 g/mol. The van der Waals surface area contributed by atoms with Crippen molar-refractivity contribution in [2.45, 2.75) is 13.8 Å². The van der Waals surface area contributed by atoms with Gasteiger partial charge in [0.15, 0.2) is 17.4 Å². The number of hydrogen-bond acceptors (Lipinski definition) is 2. The second kappa shape index (κ2) is 49.3. The molecule has 0 bridgehead atoms. The molecule has 0 aromatic carbocycles. The molecule has 2 nitrogen and oxygen atoms in total. The van der Waals surface area contributed by atoms with E-state index in [9.17, 15) is 0 Å². The minimum atomic E-state index is 0. The molecule has 44 valence electrons. The van der Waals surface area contributed by atoms with Crippen LogP contribution < -0.4 is 24.6 Å². The van der Waals surface area contributed by atoms with Crippen LogP contribution in [0.3, 0.4) is 0 Å². The van der Waals surface area contributed by atoms with Crippen LogP contribution in [0.2, 0.25) is 0 Å². The topological polar surface area (TPSA) is 49.8 Å². The van der Waals surface area contributed by atoms with Crippen LogP contribution in [0.1, 0.15) is 15.3 Å². The van der Waals surface area contributed by atoms with Crippen LogP contribution >= 0.6 is 0 Å². The summed E-state index contributed by atoms with van der Waals surface area (Å²) in [7, 11) is 0. The number of nitriles is 1. The Balaban J connectivity index is -0.00000000889. The first kappa shape index (κ1) is 23.5. The first-order valence-electron chi connectivity index (χ1n) is 1.84. The second-order valence-corrected chi connectivity index (χ2v) is 0.632. The number of hydrogen-bond donors (Lipinski definition) is 1. The molecule has 0 unspecified atom stereocenters. The zero-order chi connectivity index (χ0) is 5.41. The van der Waals surface area contributed by atoms with Crippen molar-refractivity contribution >= 4 is 17.4 Å². The van der Waals surface area contributed by atoms with E-state index in [0.717, 1.165) is 6.54 Å². The molecule has 0 saturated heterocycles. The fourth-order valence-electron chi connectivity index (χ4n) is 0. The van der Waals surface area contributed by atoms with Gasteiger partial charge in [0, 0.05) is 6.92 Å². The van der Waals surface area contributed by atoms with Crippen LogP contribution in [0.4, 0.5) is 0 Å². The molecule has 2 N–H and O–H groups in total. The van der Waals surface area contributed by atoms with Crippen molar-refractivity contribution in [2.24, 2.45) is 5.73 Å². The van der Waals surface area contributed by atoms with E-state index < -0.39 is 0 Å².